The van der Waals surface area contributed by atoms with Gasteiger partial charge in [0.1, 0.15) is 5.75 Å². The molecular weight excluding hydrogens is 342 g/mol. The van der Waals surface area contributed by atoms with Crippen LogP contribution in [-0.2, 0) is 16.6 Å². The highest BCUT2D eigenvalue weighted by Gasteiger charge is 2.17. The molecule has 0 aliphatic carbocycles. The van der Waals surface area contributed by atoms with Gasteiger partial charge in [-0.25, -0.2) is 13.1 Å². The summed E-state index contributed by atoms with van der Waals surface area (Å²) >= 11 is 0. The van der Waals surface area contributed by atoms with Gasteiger partial charge < -0.3 is 14.2 Å². The maximum Gasteiger partial charge on any atom is 0.241 e. The Hall–Kier alpha value is -2.25. The predicted molar refractivity (Wildman–Crippen MR) is 95.9 cm³/mol. The first-order valence-electron chi connectivity index (χ1n) is 7.85. The van der Waals surface area contributed by atoms with Gasteiger partial charge in [0.25, 0.3) is 0 Å². The average Bonchev–Trinajstić information content (AvgIpc) is 2.60. The van der Waals surface area contributed by atoms with Gasteiger partial charge in [0.2, 0.25) is 10.0 Å². The molecule has 136 valence electrons. The number of nitrogens with one attached hydrogen (secondary N) is 1. The zero-order valence-electron chi connectivity index (χ0n) is 14.8. The van der Waals surface area contributed by atoms with Gasteiger partial charge in [-0.05, 0) is 55.3 Å². The van der Waals surface area contributed by atoms with Crippen LogP contribution in [0.25, 0.3) is 0 Å². The summed E-state index contributed by atoms with van der Waals surface area (Å²) in [5.41, 5.74) is 1.39. The zero-order valence-corrected chi connectivity index (χ0v) is 15.6. The first kappa shape index (κ1) is 19.1. The van der Waals surface area contributed by atoms with Crippen LogP contribution in [0.3, 0.4) is 0 Å². The number of rotatable bonds is 8. The van der Waals surface area contributed by atoms with Crippen LogP contribution in [0.2, 0.25) is 0 Å². The van der Waals surface area contributed by atoms with E-state index in [1.54, 1.807) is 51.5 Å². The molecule has 7 heteroatoms. The van der Waals surface area contributed by atoms with Crippen LogP contribution in [0.1, 0.15) is 18.1 Å². The van der Waals surface area contributed by atoms with Crippen LogP contribution in [-0.4, -0.2) is 29.2 Å². The lowest BCUT2D eigenvalue weighted by molar-refractivity contribution is 0.310. The van der Waals surface area contributed by atoms with E-state index in [-0.39, 0.29) is 11.4 Å². The third-order valence-corrected chi connectivity index (χ3v) is 5.23. The van der Waals surface area contributed by atoms with Gasteiger partial charge >= 0.3 is 0 Å². The Labute approximate surface area is 148 Å². The van der Waals surface area contributed by atoms with Crippen LogP contribution in [0.4, 0.5) is 0 Å². The summed E-state index contributed by atoms with van der Waals surface area (Å²) in [4.78, 5) is 0.228. The molecule has 0 atom stereocenters. The van der Waals surface area contributed by atoms with Crippen LogP contribution < -0.4 is 18.9 Å². The highest BCUT2D eigenvalue weighted by Crippen LogP contribution is 2.28. The monoisotopic (exact) mass is 365 g/mol. The first-order chi connectivity index (χ1) is 11.9. The molecule has 0 spiro atoms. The number of hydrogen-bond acceptors (Lipinski definition) is 5. The molecule has 0 bridgehead atoms. The molecule has 0 aliphatic heterocycles. The Bertz CT molecular complexity index is 833. The normalized spacial score (nSPS) is 11.2. The SMILES string of the molecule is CCOc1ccc(CNS(=O)(=O)c2ccc(OC)cc2C)cc1OC. The maximum atomic E-state index is 12.5. The van der Waals surface area contributed by atoms with E-state index in [1.165, 1.54) is 6.07 Å². The van der Waals surface area contributed by atoms with E-state index in [1.807, 2.05) is 6.92 Å². The number of aryl methyl sites for hydroxylation is 1. The second-order valence-corrected chi connectivity index (χ2v) is 7.11. The van der Waals surface area contributed by atoms with E-state index in [0.29, 0.717) is 29.4 Å². The van der Waals surface area contributed by atoms with E-state index in [9.17, 15) is 8.42 Å². The summed E-state index contributed by atoms with van der Waals surface area (Å²) < 4.78 is 43.5. The number of sulfonamides is 1. The lowest BCUT2D eigenvalue weighted by Gasteiger charge is -2.13. The topological polar surface area (TPSA) is 73.9 Å². The highest BCUT2D eigenvalue weighted by molar-refractivity contribution is 7.89. The van der Waals surface area contributed by atoms with Gasteiger partial charge in [0.05, 0.1) is 25.7 Å². The third-order valence-electron chi connectivity index (χ3n) is 3.67. The van der Waals surface area contributed by atoms with Crippen LogP contribution in [0, 0.1) is 6.92 Å². The summed E-state index contributed by atoms with van der Waals surface area (Å²) in [5, 5.41) is 0. The van der Waals surface area contributed by atoms with Crippen molar-refractivity contribution < 1.29 is 22.6 Å². The first-order valence-corrected chi connectivity index (χ1v) is 9.33. The van der Waals surface area contributed by atoms with E-state index < -0.39 is 10.0 Å². The summed E-state index contributed by atoms with van der Waals surface area (Å²) in [6.45, 7) is 4.30. The van der Waals surface area contributed by atoms with Crippen LogP contribution >= 0.6 is 0 Å². The highest BCUT2D eigenvalue weighted by atomic mass is 32.2. The Balaban J connectivity index is 2.17. The second kappa shape index (κ2) is 8.22. The number of benzene rings is 2. The molecule has 1 N–H and O–H groups in total. The molecule has 0 fully saturated rings. The van der Waals surface area contributed by atoms with E-state index in [4.69, 9.17) is 14.2 Å². The lowest BCUT2D eigenvalue weighted by atomic mass is 10.2. The summed E-state index contributed by atoms with van der Waals surface area (Å²) in [6, 6.07) is 10.2. The molecule has 0 saturated heterocycles. The second-order valence-electron chi connectivity index (χ2n) is 5.37. The number of hydrogen-bond donors (Lipinski definition) is 1. The van der Waals surface area contributed by atoms with Crippen LogP contribution in [0.15, 0.2) is 41.3 Å². The van der Waals surface area contributed by atoms with Gasteiger partial charge in [0, 0.05) is 6.54 Å². The Morgan fingerprint density at radius 1 is 1.00 bits per heavy atom. The van der Waals surface area contributed by atoms with E-state index in [0.717, 1.165) is 5.56 Å². The molecule has 0 aromatic heterocycles. The minimum atomic E-state index is -3.63. The van der Waals surface area contributed by atoms with Crippen molar-refractivity contribution >= 4 is 10.0 Å². The fraction of sp³-hybridized carbons (Fsp3) is 0.333. The quantitative estimate of drug-likeness (QED) is 0.779. The van der Waals surface area contributed by atoms with Gasteiger partial charge in [-0.15, -0.1) is 0 Å². The zero-order chi connectivity index (χ0) is 18.4. The molecule has 0 radical (unpaired) electrons. The summed E-state index contributed by atoms with van der Waals surface area (Å²) in [7, 11) is -0.541. The number of ether oxygens (including phenoxy) is 3. The van der Waals surface area contributed by atoms with Gasteiger partial charge in [-0.3, -0.25) is 0 Å². The fourth-order valence-corrected chi connectivity index (χ4v) is 3.65. The van der Waals surface area contributed by atoms with Gasteiger partial charge in [0.15, 0.2) is 11.5 Å². The maximum absolute atomic E-state index is 12.5. The van der Waals surface area contributed by atoms with Crippen molar-refractivity contribution in [1.82, 2.24) is 4.72 Å². The van der Waals surface area contributed by atoms with Crippen molar-refractivity contribution in [3.63, 3.8) is 0 Å². The Kier molecular flexibility index (Phi) is 6.27. The van der Waals surface area contributed by atoms with Gasteiger partial charge in [-0.1, -0.05) is 6.07 Å². The molecule has 25 heavy (non-hydrogen) atoms. The largest absolute Gasteiger partial charge is 0.497 e. The standard InChI is InChI=1S/C18H23NO5S/c1-5-24-16-8-6-14(11-17(16)23-4)12-19-25(20,21)18-9-7-15(22-3)10-13(18)2/h6-11,19H,5,12H2,1-4H3. The number of methoxy groups -OCH3 is 2. The molecule has 6 nitrogen and oxygen atoms in total. The summed E-state index contributed by atoms with van der Waals surface area (Å²) in [5.74, 6) is 1.81. The molecule has 2 rings (SSSR count). The van der Waals surface area contributed by atoms with Crippen molar-refractivity contribution in [2.24, 2.45) is 0 Å². The van der Waals surface area contributed by atoms with Crippen molar-refractivity contribution in [1.29, 1.82) is 0 Å². The predicted octanol–water partition coefficient (Wildman–Crippen LogP) is 2.89. The van der Waals surface area contributed by atoms with Crippen molar-refractivity contribution in [2.45, 2.75) is 25.3 Å². The minimum Gasteiger partial charge on any atom is -0.497 e. The smallest absolute Gasteiger partial charge is 0.241 e. The molecule has 0 saturated carbocycles. The average molecular weight is 365 g/mol. The van der Waals surface area contributed by atoms with Crippen LogP contribution in [0.5, 0.6) is 17.2 Å². The van der Waals surface area contributed by atoms with Crippen molar-refractivity contribution in [3.05, 3.63) is 47.5 Å². The fourth-order valence-electron chi connectivity index (χ4n) is 2.40. The molecule has 2 aromatic carbocycles. The Morgan fingerprint density at radius 2 is 1.76 bits per heavy atom. The molecule has 0 heterocycles. The minimum absolute atomic E-state index is 0.149. The molecule has 0 aliphatic rings. The van der Waals surface area contributed by atoms with E-state index in [2.05, 4.69) is 4.72 Å². The molecule has 0 unspecified atom stereocenters. The third kappa shape index (κ3) is 4.64. The Morgan fingerprint density at radius 3 is 2.36 bits per heavy atom. The van der Waals surface area contributed by atoms with Crippen molar-refractivity contribution in [2.75, 3.05) is 20.8 Å². The van der Waals surface area contributed by atoms with Crippen molar-refractivity contribution in [3.8, 4) is 17.2 Å². The lowest BCUT2D eigenvalue weighted by Crippen LogP contribution is -2.24. The summed E-state index contributed by atoms with van der Waals surface area (Å²) in [6.07, 6.45) is 0. The molecular formula is C18H23NO5S. The van der Waals surface area contributed by atoms with Gasteiger partial charge in [-0.2, -0.15) is 0 Å². The molecule has 2 aromatic rings. The van der Waals surface area contributed by atoms with E-state index >= 15 is 0 Å². The molecule has 0 amide bonds.